The lowest BCUT2D eigenvalue weighted by atomic mass is 9.98. The molecule has 1 fully saturated rings. The van der Waals surface area contributed by atoms with E-state index in [4.69, 9.17) is 0 Å². The number of aromatic nitrogens is 2. The number of nitrogens with one attached hydrogen (secondary N) is 1. The van der Waals surface area contributed by atoms with Crippen molar-refractivity contribution in [3.05, 3.63) is 48.3 Å². The Hall–Kier alpha value is -2.34. The van der Waals surface area contributed by atoms with E-state index in [2.05, 4.69) is 10.4 Å². The van der Waals surface area contributed by atoms with Crippen molar-refractivity contribution in [1.82, 2.24) is 20.0 Å². The van der Waals surface area contributed by atoms with Crippen molar-refractivity contribution in [2.24, 2.45) is 5.92 Å². The van der Waals surface area contributed by atoms with Crippen molar-refractivity contribution in [1.29, 1.82) is 0 Å². The molecule has 3 rings (SSSR count). The molecule has 2 N–H and O–H groups in total. The summed E-state index contributed by atoms with van der Waals surface area (Å²) in [4.78, 5) is 14.2. The van der Waals surface area contributed by atoms with E-state index in [1.165, 1.54) is 0 Å². The van der Waals surface area contributed by atoms with Gasteiger partial charge in [-0.3, -0.25) is 0 Å². The molecule has 2 heterocycles. The SMILES string of the molecule is CC(NC(=O)N1CCC(CO)CC1)c1ccc(-n2cccn2)cc1. The summed E-state index contributed by atoms with van der Waals surface area (Å²) in [5.41, 5.74) is 2.05. The molecule has 1 aromatic heterocycles. The maximum Gasteiger partial charge on any atom is 0.317 e. The van der Waals surface area contributed by atoms with E-state index in [1.807, 2.05) is 48.4 Å². The number of aliphatic hydroxyl groups excluding tert-OH is 1. The maximum atomic E-state index is 12.4. The summed E-state index contributed by atoms with van der Waals surface area (Å²) in [5, 5.41) is 16.4. The smallest absolute Gasteiger partial charge is 0.317 e. The van der Waals surface area contributed by atoms with Crippen LogP contribution in [0.4, 0.5) is 4.79 Å². The number of carbonyl (C=O) groups is 1. The fourth-order valence-corrected chi connectivity index (χ4v) is 3.02. The molecule has 24 heavy (non-hydrogen) atoms. The van der Waals surface area contributed by atoms with Gasteiger partial charge in [-0.2, -0.15) is 5.10 Å². The molecule has 6 nitrogen and oxygen atoms in total. The summed E-state index contributed by atoms with van der Waals surface area (Å²) in [7, 11) is 0. The van der Waals surface area contributed by atoms with Gasteiger partial charge >= 0.3 is 6.03 Å². The molecule has 0 aliphatic carbocycles. The number of hydrogen-bond donors (Lipinski definition) is 2. The minimum atomic E-state index is -0.0558. The number of urea groups is 1. The number of carbonyl (C=O) groups excluding carboxylic acids is 1. The molecule has 1 unspecified atom stereocenters. The van der Waals surface area contributed by atoms with Gasteiger partial charge < -0.3 is 15.3 Å². The highest BCUT2D eigenvalue weighted by atomic mass is 16.3. The molecule has 1 aromatic carbocycles. The van der Waals surface area contributed by atoms with Crippen molar-refractivity contribution in [3.63, 3.8) is 0 Å². The van der Waals surface area contributed by atoms with Gasteiger partial charge in [-0.1, -0.05) is 12.1 Å². The Morgan fingerprint density at radius 1 is 1.33 bits per heavy atom. The van der Waals surface area contributed by atoms with Crippen LogP contribution in [0.15, 0.2) is 42.7 Å². The zero-order valence-corrected chi connectivity index (χ0v) is 13.9. The van der Waals surface area contributed by atoms with Gasteiger partial charge in [0.15, 0.2) is 0 Å². The topological polar surface area (TPSA) is 70.4 Å². The van der Waals surface area contributed by atoms with Gasteiger partial charge in [0, 0.05) is 32.1 Å². The van der Waals surface area contributed by atoms with Crippen LogP contribution in [0.2, 0.25) is 0 Å². The van der Waals surface area contributed by atoms with Crippen LogP contribution in [0.5, 0.6) is 0 Å². The summed E-state index contributed by atoms with van der Waals surface area (Å²) < 4.78 is 1.80. The van der Waals surface area contributed by atoms with E-state index in [-0.39, 0.29) is 18.7 Å². The number of piperidine rings is 1. The first kappa shape index (κ1) is 16.5. The summed E-state index contributed by atoms with van der Waals surface area (Å²) in [6, 6.07) is 9.82. The molecule has 6 heteroatoms. The number of nitrogens with zero attached hydrogens (tertiary/aromatic N) is 3. The number of aliphatic hydroxyl groups is 1. The lowest BCUT2D eigenvalue weighted by Gasteiger charge is -2.32. The van der Waals surface area contributed by atoms with E-state index in [0.29, 0.717) is 19.0 Å². The predicted octanol–water partition coefficient (Wildman–Crippen LogP) is 2.35. The normalized spacial score (nSPS) is 16.8. The molecule has 1 aliphatic heterocycles. The maximum absolute atomic E-state index is 12.4. The number of benzene rings is 1. The minimum Gasteiger partial charge on any atom is -0.396 e. The van der Waals surface area contributed by atoms with Crippen LogP contribution < -0.4 is 5.32 Å². The molecular weight excluding hydrogens is 304 g/mol. The molecular formula is C18H24N4O2. The van der Waals surface area contributed by atoms with Crippen LogP contribution in [0.25, 0.3) is 5.69 Å². The summed E-state index contributed by atoms with van der Waals surface area (Å²) in [6.45, 7) is 3.62. The molecule has 0 radical (unpaired) electrons. The van der Waals surface area contributed by atoms with Crippen molar-refractivity contribution in [3.8, 4) is 5.69 Å². The summed E-state index contributed by atoms with van der Waals surface area (Å²) >= 11 is 0. The second-order valence-electron chi connectivity index (χ2n) is 6.33. The lowest BCUT2D eigenvalue weighted by molar-refractivity contribution is 0.136. The molecule has 2 amide bonds. The molecule has 0 spiro atoms. The summed E-state index contributed by atoms with van der Waals surface area (Å²) in [5.74, 6) is 0.335. The van der Waals surface area contributed by atoms with Gasteiger partial charge in [-0.05, 0) is 49.4 Å². The van der Waals surface area contributed by atoms with Crippen LogP contribution in [0.3, 0.4) is 0 Å². The molecule has 0 bridgehead atoms. The molecule has 2 aromatic rings. The molecule has 0 saturated carbocycles. The largest absolute Gasteiger partial charge is 0.396 e. The predicted molar refractivity (Wildman–Crippen MR) is 91.9 cm³/mol. The monoisotopic (exact) mass is 328 g/mol. The Balaban J connectivity index is 1.56. The number of hydrogen-bond acceptors (Lipinski definition) is 3. The van der Waals surface area contributed by atoms with E-state index in [9.17, 15) is 9.90 Å². The fraction of sp³-hybridized carbons (Fsp3) is 0.444. The number of rotatable bonds is 4. The molecule has 1 saturated heterocycles. The quantitative estimate of drug-likeness (QED) is 0.905. The first-order valence-corrected chi connectivity index (χ1v) is 8.43. The van der Waals surface area contributed by atoms with Crippen molar-refractivity contribution in [2.75, 3.05) is 19.7 Å². The average Bonchev–Trinajstić information content (AvgIpc) is 3.16. The Kier molecular flexibility index (Phi) is 5.15. The lowest BCUT2D eigenvalue weighted by Crippen LogP contribution is -2.45. The zero-order chi connectivity index (χ0) is 16.9. The molecule has 1 atom stereocenters. The first-order chi connectivity index (χ1) is 11.7. The van der Waals surface area contributed by atoms with Gasteiger partial charge in [-0.15, -0.1) is 0 Å². The summed E-state index contributed by atoms with van der Waals surface area (Å²) in [6.07, 6.45) is 5.39. The van der Waals surface area contributed by atoms with Crippen molar-refractivity contribution < 1.29 is 9.90 Å². The number of likely N-dealkylation sites (tertiary alicyclic amines) is 1. The Bertz CT molecular complexity index is 646. The highest BCUT2D eigenvalue weighted by Gasteiger charge is 2.23. The third kappa shape index (κ3) is 3.76. The second kappa shape index (κ2) is 7.49. The third-order valence-electron chi connectivity index (χ3n) is 4.66. The fourth-order valence-electron chi connectivity index (χ4n) is 3.02. The van der Waals surface area contributed by atoms with Crippen molar-refractivity contribution in [2.45, 2.75) is 25.8 Å². The van der Waals surface area contributed by atoms with Gasteiger partial charge in [0.25, 0.3) is 0 Å². The average molecular weight is 328 g/mol. The van der Waals surface area contributed by atoms with Crippen LogP contribution in [-0.2, 0) is 0 Å². The van der Waals surface area contributed by atoms with Gasteiger partial charge in [0.1, 0.15) is 0 Å². The first-order valence-electron chi connectivity index (χ1n) is 8.43. The second-order valence-corrected chi connectivity index (χ2v) is 6.33. The van der Waals surface area contributed by atoms with Crippen LogP contribution in [0, 0.1) is 5.92 Å². The Morgan fingerprint density at radius 3 is 2.62 bits per heavy atom. The van der Waals surface area contributed by atoms with E-state index in [1.54, 1.807) is 10.9 Å². The van der Waals surface area contributed by atoms with Crippen LogP contribution in [-0.4, -0.2) is 45.5 Å². The van der Waals surface area contributed by atoms with E-state index in [0.717, 1.165) is 24.1 Å². The van der Waals surface area contributed by atoms with Crippen LogP contribution in [0.1, 0.15) is 31.4 Å². The zero-order valence-electron chi connectivity index (χ0n) is 13.9. The third-order valence-corrected chi connectivity index (χ3v) is 4.66. The van der Waals surface area contributed by atoms with Gasteiger partial charge in [0.2, 0.25) is 0 Å². The minimum absolute atomic E-state index is 0.0324. The van der Waals surface area contributed by atoms with Crippen LogP contribution >= 0.6 is 0 Å². The molecule has 1 aliphatic rings. The highest BCUT2D eigenvalue weighted by molar-refractivity contribution is 5.74. The molecule has 128 valence electrons. The van der Waals surface area contributed by atoms with Gasteiger partial charge in [0.05, 0.1) is 11.7 Å². The van der Waals surface area contributed by atoms with Crippen molar-refractivity contribution >= 4 is 6.03 Å². The van der Waals surface area contributed by atoms with E-state index >= 15 is 0 Å². The Labute approximate surface area is 142 Å². The van der Waals surface area contributed by atoms with Gasteiger partial charge in [-0.25, -0.2) is 9.48 Å². The standard InChI is InChI=1S/C18H24N4O2/c1-14(20-18(24)21-11-7-15(13-23)8-12-21)16-3-5-17(6-4-16)22-10-2-9-19-22/h2-6,9-10,14-15,23H,7-8,11-13H2,1H3,(H,20,24). The van der Waals surface area contributed by atoms with E-state index < -0.39 is 0 Å². The Morgan fingerprint density at radius 2 is 2.04 bits per heavy atom. The highest BCUT2D eigenvalue weighted by Crippen LogP contribution is 2.19. The number of amides is 2.